The number of carbonyl (C=O) groups is 1. The van der Waals surface area contributed by atoms with Crippen molar-refractivity contribution in [2.45, 2.75) is 0 Å². The quantitative estimate of drug-likeness (QED) is 0.640. The van der Waals surface area contributed by atoms with E-state index in [1.54, 1.807) is 24.3 Å². The van der Waals surface area contributed by atoms with Crippen molar-refractivity contribution in [2.24, 2.45) is 0 Å². The maximum atomic E-state index is 11.0. The van der Waals surface area contributed by atoms with Crippen LogP contribution in [0.2, 0.25) is 0 Å². The molecule has 1 amide bonds. The van der Waals surface area contributed by atoms with Crippen LogP contribution in [-0.4, -0.2) is 13.0 Å². The van der Waals surface area contributed by atoms with Crippen molar-refractivity contribution in [1.29, 1.82) is 0 Å². The number of benzene rings is 1. The van der Waals surface area contributed by atoms with Crippen LogP contribution in [0.5, 0.6) is 0 Å². The largest absolute Gasteiger partial charge is 0.277 e. The Morgan fingerprint density at radius 3 is 2.55 bits per heavy atom. The second-order valence-corrected chi connectivity index (χ2v) is 2.00. The molecule has 0 radical (unpaired) electrons. The predicted octanol–water partition coefficient (Wildman–Crippen LogP) is 0.978. The van der Waals surface area contributed by atoms with Gasteiger partial charge in [0.1, 0.15) is 0 Å². The molecule has 0 atom stereocenters. The summed E-state index contributed by atoms with van der Waals surface area (Å²) in [7, 11) is 1.40. The molecule has 0 aromatic heterocycles. The minimum atomic E-state index is -0.229. The minimum Gasteiger partial charge on any atom is -0.277 e. The van der Waals surface area contributed by atoms with Crippen LogP contribution in [0.1, 0.15) is 10.4 Å². The van der Waals surface area contributed by atoms with Gasteiger partial charge in [-0.1, -0.05) is 18.2 Å². The summed E-state index contributed by atoms with van der Waals surface area (Å²) in [5.41, 5.74) is 2.81. The van der Waals surface area contributed by atoms with Crippen molar-refractivity contribution in [3.63, 3.8) is 0 Å². The number of carbonyl (C=O) groups excluding carboxylic acids is 1. The van der Waals surface area contributed by atoms with Crippen LogP contribution in [0.25, 0.3) is 0 Å². The van der Waals surface area contributed by atoms with Gasteiger partial charge in [-0.05, 0) is 12.1 Å². The minimum absolute atomic E-state index is 0.229. The highest BCUT2D eigenvalue weighted by atomic mass is 16.6. The molecule has 1 rings (SSSR count). The van der Waals surface area contributed by atoms with Gasteiger partial charge < -0.3 is 0 Å². The first-order valence-electron chi connectivity index (χ1n) is 3.23. The fourth-order valence-corrected chi connectivity index (χ4v) is 0.741. The summed E-state index contributed by atoms with van der Waals surface area (Å²) in [5, 5.41) is 0. The summed E-state index contributed by atoms with van der Waals surface area (Å²) < 4.78 is 0. The van der Waals surface area contributed by atoms with Gasteiger partial charge in [-0.3, -0.25) is 9.63 Å². The highest BCUT2D eigenvalue weighted by molar-refractivity contribution is 5.93. The van der Waals surface area contributed by atoms with Crippen LogP contribution < -0.4 is 5.48 Å². The number of nitrogens with one attached hydrogen (secondary N) is 1. The molecular weight excluding hydrogens is 142 g/mol. The lowest BCUT2D eigenvalue weighted by molar-refractivity contribution is 0.0537. The Labute approximate surface area is 64.9 Å². The van der Waals surface area contributed by atoms with Crippen LogP contribution in [0, 0.1) is 0 Å². The second kappa shape index (κ2) is 3.73. The van der Waals surface area contributed by atoms with Gasteiger partial charge in [-0.2, -0.15) is 0 Å². The molecule has 0 fully saturated rings. The first-order valence-corrected chi connectivity index (χ1v) is 3.23. The monoisotopic (exact) mass is 151 g/mol. The third kappa shape index (κ3) is 2.05. The van der Waals surface area contributed by atoms with E-state index in [1.807, 2.05) is 6.07 Å². The number of hydroxylamine groups is 1. The zero-order valence-electron chi connectivity index (χ0n) is 6.20. The maximum absolute atomic E-state index is 11.0. The van der Waals surface area contributed by atoms with Gasteiger partial charge in [0, 0.05) is 5.56 Å². The molecule has 3 heteroatoms. The average molecular weight is 151 g/mol. The van der Waals surface area contributed by atoms with Gasteiger partial charge in [-0.15, -0.1) is 0 Å². The molecule has 1 aromatic carbocycles. The van der Waals surface area contributed by atoms with Crippen LogP contribution >= 0.6 is 0 Å². The van der Waals surface area contributed by atoms with Gasteiger partial charge in [-0.25, -0.2) is 5.48 Å². The Morgan fingerprint density at radius 1 is 1.36 bits per heavy atom. The summed E-state index contributed by atoms with van der Waals surface area (Å²) in [6.45, 7) is 0. The Balaban J connectivity index is 2.69. The van der Waals surface area contributed by atoms with Crippen molar-refractivity contribution in [3.05, 3.63) is 35.9 Å². The molecule has 3 nitrogen and oxygen atoms in total. The number of rotatable bonds is 2. The smallest absolute Gasteiger partial charge is 0.274 e. The van der Waals surface area contributed by atoms with Crippen molar-refractivity contribution < 1.29 is 9.63 Å². The van der Waals surface area contributed by atoms with Crippen LogP contribution in [0.3, 0.4) is 0 Å². The van der Waals surface area contributed by atoms with E-state index in [0.717, 1.165) is 0 Å². The predicted molar refractivity (Wildman–Crippen MR) is 40.9 cm³/mol. The zero-order chi connectivity index (χ0) is 8.10. The van der Waals surface area contributed by atoms with Crippen molar-refractivity contribution in [1.82, 2.24) is 5.48 Å². The number of hydrogen-bond acceptors (Lipinski definition) is 2. The Hall–Kier alpha value is -1.35. The molecule has 0 aliphatic heterocycles. The topological polar surface area (TPSA) is 38.3 Å². The number of hydrogen-bond donors (Lipinski definition) is 1. The fraction of sp³-hybridized carbons (Fsp3) is 0.125. The van der Waals surface area contributed by atoms with Gasteiger partial charge in [0.25, 0.3) is 5.91 Å². The molecule has 0 heterocycles. The van der Waals surface area contributed by atoms with E-state index in [4.69, 9.17) is 0 Å². The standard InChI is InChI=1S/C8H9NO2/c1-11-9-8(10)7-5-3-2-4-6-7/h2-6H,1H3,(H,9,10). The first kappa shape index (κ1) is 7.75. The van der Waals surface area contributed by atoms with E-state index in [9.17, 15) is 4.79 Å². The summed E-state index contributed by atoms with van der Waals surface area (Å²) in [6, 6.07) is 8.88. The molecule has 0 saturated carbocycles. The van der Waals surface area contributed by atoms with Crippen LogP contribution in [0.15, 0.2) is 30.3 Å². The van der Waals surface area contributed by atoms with Gasteiger partial charge in [0.2, 0.25) is 0 Å². The average Bonchev–Trinajstić information content (AvgIpc) is 2.07. The van der Waals surface area contributed by atoms with E-state index in [2.05, 4.69) is 10.3 Å². The SMILES string of the molecule is CONC(=O)c1ccccc1. The normalized spacial score (nSPS) is 9.18. The summed E-state index contributed by atoms with van der Waals surface area (Å²) in [6.07, 6.45) is 0. The van der Waals surface area contributed by atoms with Crippen molar-refractivity contribution in [3.8, 4) is 0 Å². The van der Waals surface area contributed by atoms with E-state index in [1.165, 1.54) is 7.11 Å². The molecule has 58 valence electrons. The van der Waals surface area contributed by atoms with E-state index in [0.29, 0.717) is 5.56 Å². The molecule has 0 bridgehead atoms. The van der Waals surface area contributed by atoms with E-state index < -0.39 is 0 Å². The third-order valence-corrected chi connectivity index (χ3v) is 1.23. The molecule has 0 unspecified atom stereocenters. The number of amides is 1. The Kier molecular flexibility index (Phi) is 2.63. The molecule has 0 aliphatic rings. The molecule has 0 saturated heterocycles. The third-order valence-electron chi connectivity index (χ3n) is 1.23. The van der Waals surface area contributed by atoms with Gasteiger partial charge >= 0.3 is 0 Å². The van der Waals surface area contributed by atoms with Crippen LogP contribution in [-0.2, 0) is 4.84 Å². The zero-order valence-corrected chi connectivity index (χ0v) is 6.20. The fourth-order valence-electron chi connectivity index (χ4n) is 0.741. The molecule has 1 aromatic rings. The van der Waals surface area contributed by atoms with Crippen molar-refractivity contribution >= 4 is 5.91 Å². The molecule has 0 spiro atoms. The van der Waals surface area contributed by atoms with Gasteiger partial charge in [0.15, 0.2) is 0 Å². The summed E-state index contributed by atoms with van der Waals surface area (Å²) in [4.78, 5) is 15.5. The Morgan fingerprint density at radius 2 is 2.00 bits per heavy atom. The van der Waals surface area contributed by atoms with E-state index >= 15 is 0 Å². The first-order chi connectivity index (χ1) is 5.34. The maximum Gasteiger partial charge on any atom is 0.274 e. The van der Waals surface area contributed by atoms with E-state index in [-0.39, 0.29) is 5.91 Å². The second-order valence-electron chi connectivity index (χ2n) is 2.00. The highest BCUT2D eigenvalue weighted by Gasteiger charge is 2.00. The Bertz CT molecular complexity index is 233. The van der Waals surface area contributed by atoms with Crippen molar-refractivity contribution in [2.75, 3.05) is 7.11 Å². The van der Waals surface area contributed by atoms with Gasteiger partial charge in [0.05, 0.1) is 7.11 Å². The lowest BCUT2D eigenvalue weighted by Crippen LogP contribution is -2.21. The lowest BCUT2D eigenvalue weighted by atomic mass is 10.2. The highest BCUT2D eigenvalue weighted by Crippen LogP contribution is 1.96. The molecular formula is C8H9NO2. The molecule has 0 aliphatic carbocycles. The molecule has 1 N–H and O–H groups in total. The van der Waals surface area contributed by atoms with Crippen LogP contribution in [0.4, 0.5) is 0 Å². The summed E-state index contributed by atoms with van der Waals surface area (Å²) >= 11 is 0. The molecule has 11 heavy (non-hydrogen) atoms. The summed E-state index contributed by atoms with van der Waals surface area (Å²) in [5.74, 6) is -0.229. The lowest BCUT2D eigenvalue weighted by Gasteiger charge is -1.99.